The molecule has 0 aromatic carbocycles. The zero-order chi connectivity index (χ0) is 13.8. The largest absolute Gasteiger partial charge is 0.416 e. The van der Waals surface area contributed by atoms with Crippen molar-refractivity contribution in [2.75, 3.05) is 13.6 Å². The van der Waals surface area contributed by atoms with Crippen LogP contribution in [0.2, 0.25) is 0 Å². The number of nitrogens with zero attached hydrogens (tertiary/aromatic N) is 1. The third-order valence-corrected chi connectivity index (χ3v) is 3.10. The number of carbonyl (C=O) groups excluding carboxylic acids is 1. The molecule has 0 saturated heterocycles. The van der Waals surface area contributed by atoms with Crippen molar-refractivity contribution in [3.8, 4) is 0 Å². The van der Waals surface area contributed by atoms with E-state index < -0.39 is 24.9 Å². The van der Waals surface area contributed by atoms with Gasteiger partial charge in [0.1, 0.15) is 0 Å². The zero-order valence-electron chi connectivity index (χ0n) is 10.3. The van der Waals surface area contributed by atoms with E-state index in [2.05, 4.69) is 5.32 Å². The Morgan fingerprint density at radius 3 is 2.44 bits per heavy atom. The first-order valence-electron chi connectivity index (χ1n) is 6.07. The van der Waals surface area contributed by atoms with Crippen LogP contribution in [0.4, 0.5) is 18.0 Å². The minimum Gasteiger partial charge on any atom is -0.382 e. The second kappa shape index (κ2) is 6.26. The van der Waals surface area contributed by atoms with E-state index in [1.807, 2.05) is 0 Å². The minimum atomic E-state index is -4.70. The Kier molecular flexibility index (Phi) is 5.25. The normalized spacial score (nSPS) is 19.4. The maximum atomic E-state index is 12.1. The van der Waals surface area contributed by atoms with Crippen LogP contribution in [0.25, 0.3) is 0 Å². The third-order valence-electron chi connectivity index (χ3n) is 3.10. The van der Waals surface area contributed by atoms with E-state index >= 15 is 0 Å². The number of hydrogen-bond donors (Lipinski definition) is 2. The molecule has 106 valence electrons. The molecule has 1 aliphatic carbocycles. The highest BCUT2D eigenvalue weighted by molar-refractivity contribution is 5.74. The Morgan fingerprint density at radius 2 is 1.94 bits per heavy atom. The van der Waals surface area contributed by atoms with E-state index in [9.17, 15) is 18.0 Å². The fraction of sp³-hybridized carbons (Fsp3) is 0.909. The Morgan fingerprint density at radius 1 is 1.39 bits per heavy atom. The van der Waals surface area contributed by atoms with Crippen LogP contribution in [0.15, 0.2) is 0 Å². The Labute approximate surface area is 104 Å². The van der Waals surface area contributed by atoms with Gasteiger partial charge in [-0.2, -0.15) is 13.2 Å². The predicted molar refractivity (Wildman–Crippen MR) is 60.1 cm³/mol. The molecule has 1 aliphatic rings. The third kappa shape index (κ3) is 4.72. The summed E-state index contributed by atoms with van der Waals surface area (Å²) in [5.74, 6) is 0. The number of likely N-dealkylation sites (N-methyl/N-ethyl adjacent to an activating group) is 1. The minimum absolute atomic E-state index is 0.0386. The topological polar surface area (TPSA) is 52.6 Å². The molecule has 1 fully saturated rings. The monoisotopic (exact) mass is 268 g/mol. The molecule has 0 aromatic rings. The van der Waals surface area contributed by atoms with E-state index in [0.29, 0.717) is 0 Å². The first-order chi connectivity index (χ1) is 8.30. The SMILES string of the molecule is CN(C[C@@H](O)C(F)(F)F)C(=O)NC1CCCCC1. The van der Waals surface area contributed by atoms with Crippen molar-refractivity contribution in [2.45, 2.75) is 50.4 Å². The van der Waals surface area contributed by atoms with E-state index in [1.165, 1.54) is 7.05 Å². The quantitative estimate of drug-likeness (QED) is 0.821. The number of nitrogens with one attached hydrogen (secondary N) is 1. The average molecular weight is 268 g/mol. The Bertz CT molecular complexity index is 278. The molecule has 0 heterocycles. The molecule has 0 aromatic heterocycles. The van der Waals surface area contributed by atoms with Crippen molar-refractivity contribution >= 4 is 6.03 Å². The number of alkyl halides is 3. The van der Waals surface area contributed by atoms with Gasteiger partial charge in [-0.25, -0.2) is 4.79 Å². The molecule has 1 rings (SSSR count). The Hall–Kier alpha value is -0.980. The maximum absolute atomic E-state index is 12.1. The summed E-state index contributed by atoms with van der Waals surface area (Å²) in [7, 11) is 1.24. The Balaban J connectivity index is 2.36. The fourth-order valence-corrected chi connectivity index (χ4v) is 1.98. The van der Waals surface area contributed by atoms with Gasteiger partial charge in [0.05, 0.1) is 6.54 Å². The summed E-state index contributed by atoms with van der Waals surface area (Å²) in [5.41, 5.74) is 0. The van der Waals surface area contributed by atoms with Gasteiger partial charge >= 0.3 is 12.2 Å². The van der Waals surface area contributed by atoms with Crippen molar-refractivity contribution in [1.29, 1.82) is 0 Å². The molecule has 4 nitrogen and oxygen atoms in total. The summed E-state index contributed by atoms with van der Waals surface area (Å²) in [4.78, 5) is 12.5. The first kappa shape index (κ1) is 15.1. The molecule has 0 spiro atoms. The molecule has 0 unspecified atom stereocenters. The van der Waals surface area contributed by atoms with Crippen molar-refractivity contribution in [3.05, 3.63) is 0 Å². The molecule has 1 atom stereocenters. The molecule has 0 aliphatic heterocycles. The van der Waals surface area contributed by atoms with E-state index in [-0.39, 0.29) is 6.04 Å². The molecule has 2 amide bonds. The lowest BCUT2D eigenvalue weighted by Crippen LogP contribution is -2.48. The average Bonchev–Trinajstić information content (AvgIpc) is 2.28. The van der Waals surface area contributed by atoms with Gasteiger partial charge in [0.2, 0.25) is 0 Å². The highest BCUT2D eigenvalue weighted by Crippen LogP contribution is 2.21. The number of carbonyl (C=O) groups is 1. The molecular formula is C11H19F3N2O2. The fourth-order valence-electron chi connectivity index (χ4n) is 1.98. The van der Waals surface area contributed by atoms with Crippen LogP contribution < -0.4 is 5.32 Å². The van der Waals surface area contributed by atoms with Crippen molar-refractivity contribution in [3.63, 3.8) is 0 Å². The van der Waals surface area contributed by atoms with Gasteiger partial charge in [0.25, 0.3) is 0 Å². The highest BCUT2D eigenvalue weighted by Gasteiger charge is 2.39. The van der Waals surface area contributed by atoms with Gasteiger partial charge in [-0.05, 0) is 12.8 Å². The molecule has 18 heavy (non-hydrogen) atoms. The summed E-state index contributed by atoms with van der Waals surface area (Å²) in [6, 6.07) is -0.526. The molecule has 0 bridgehead atoms. The van der Waals surface area contributed by atoms with E-state index in [0.717, 1.165) is 37.0 Å². The van der Waals surface area contributed by atoms with Crippen molar-refractivity contribution < 1.29 is 23.1 Å². The summed E-state index contributed by atoms with van der Waals surface area (Å²) in [5, 5.41) is 11.5. The number of aliphatic hydroxyl groups excluding tert-OH is 1. The number of halogens is 3. The maximum Gasteiger partial charge on any atom is 0.416 e. The van der Waals surface area contributed by atoms with Crippen LogP contribution in [-0.2, 0) is 0 Å². The summed E-state index contributed by atoms with van der Waals surface area (Å²) >= 11 is 0. The van der Waals surface area contributed by atoms with Crippen molar-refractivity contribution in [2.24, 2.45) is 0 Å². The lowest BCUT2D eigenvalue weighted by Gasteiger charge is -2.27. The number of amides is 2. The van der Waals surface area contributed by atoms with Crippen LogP contribution in [0, 0.1) is 0 Å². The van der Waals surface area contributed by atoms with Gasteiger partial charge in [0.15, 0.2) is 6.10 Å². The van der Waals surface area contributed by atoms with Crippen molar-refractivity contribution in [1.82, 2.24) is 10.2 Å². The smallest absolute Gasteiger partial charge is 0.382 e. The second-order valence-corrected chi connectivity index (χ2v) is 4.72. The number of rotatable bonds is 3. The van der Waals surface area contributed by atoms with Gasteiger partial charge in [-0.15, -0.1) is 0 Å². The van der Waals surface area contributed by atoms with Gasteiger partial charge < -0.3 is 15.3 Å². The van der Waals surface area contributed by atoms with Crippen LogP contribution in [0.1, 0.15) is 32.1 Å². The number of hydrogen-bond acceptors (Lipinski definition) is 2. The van der Waals surface area contributed by atoms with Crippen LogP contribution >= 0.6 is 0 Å². The number of urea groups is 1. The van der Waals surface area contributed by atoms with E-state index in [1.54, 1.807) is 0 Å². The van der Waals surface area contributed by atoms with Gasteiger partial charge in [0, 0.05) is 13.1 Å². The summed E-state index contributed by atoms with van der Waals surface area (Å²) in [6.45, 7) is -0.748. The van der Waals surface area contributed by atoms with Crippen LogP contribution in [-0.4, -0.2) is 48.0 Å². The molecular weight excluding hydrogens is 249 g/mol. The lowest BCUT2D eigenvalue weighted by molar-refractivity contribution is -0.205. The van der Waals surface area contributed by atoms with Crippen LogP contribution in [0.5, 0.6) is 0 Å². The first-order valence-corrected chi connectivity index (χ1v) is 6.07. The summed E-state index contributed by atoms with van der Waals surface area (Å²) in [6.07, 6.45) is -2.28. The molecule has 2 N–H and O–H groups in total. The zero-order valence-corrected chi connectivity index (χ0v) is 10.3. The predicted octanol–water partition coefficient (Wildman–Crippen LogP) is 1.88. The molecule has 7 heteroatoms. The van der Waals surface area contributed by atoms with Crippen LogP contribution in [0.3, 0.4) is 0 Å². The standard InChI is InChI=1S/C11H19F3N2O2/c1-16(7-9(17)11(12,13)14)10(18)15-8-5-3-2-4-6-8/h8-9,17H,2-7H2,1H3,(H,15,18)/t9-/m1/s1. The highest BCUT2D eigenvalue weighted by atomic mass is 19.4. The molecule has 0 radical (unpaired) electrons. The molecule has 1 saturated carbocycles. The summed E-state index contributed by atoms with van der Waals surface area (Å²) < 4.78 is 36.4. The lowest BCUT2D eigenvalue weighted by atomic mass is 9.96. The van der Waals surface area contributed by atoms with E-state index in [4.69, 9.17) is 5.11 Å². The van der Waals surface area contributed by atoms with Gasteiger partial charge in [-0.3, -0.25) is 0 Å². The number of aliphatic hydroxyl groups is 1. The van der Waals surface area contributed by atoms with Gasteiger partial charge in [-0.1, -0.05) is 19.3 Å². The second-order valence-electron chi connectivity index (χ2n) is 4.72.